The second-order valence-corrected chi connectivity index (χ2v) is 22.6. The predicted octanol–water partition coefficient (Wildman–Crippen LogP) is 19.2. The summed E-state index contributed by atoms with van der Waals surface area (Å²) in [6, 6.07) is 35.2. The zero-order chi connectivity index (χ0) is 61.4. The number of fused-ring (bicyclic) bond motifs is 1. The predicted molar refractivity (Wildman–Crippen MR) is 353 cm³/mol. The molecule has 0 bridgehead atoms. The number of pyridine rings is 3. The van der Waals surface area contributed by atoms with E-state index in [1.807, 2.05) is 98.1 Å². The van der Waals surface area contributed by atoms with Crippen LogP contribution in [0.2, 0.25) is 0 Å². The number of nitrogens with zero attached hydrogens (tertiary/aromatic N) is 10. The lowest BCUT2D eigenvalue weighted by Gasteiger charge is -2.03. The van der Waals surface area contributed by atoms with Gasteiger partial charge in [0.2, 0.25) is 0 Å². The fourth-order valence-corrected chi connectivity index (χ4v) is 7.03. The Morgan fingerprint density at radius 2 is 0.892 bits per heavy atom. The maximum absolute atomic E-state index is 4.18. The van der Waals surface area contributed by atoms with Crippen molar-refractivity contribution in [2.45, 2.75) is 172 Å². The molecule has 442 valence electrons. The van der Waals surface area contributed by atoms with Gasteiger partial charge < -0.3 is 4.98 Å². The fourth-order valence-electron chi connectivity index (χ4n) is 7.03. The molecule has 1 aliphatic rings. The van der Waals surface area contributed by atoms with E-state index in [4.69, 9.17) is 0 Å². The summed E-state index contributed by atoms with van der Waals surface area (Å²) in [5.74, 6) is 6.05. The molecule has 7 aromatic heterocycles. The number of benzene rings is 2. The zero-order valence-electron chi connectivity index (χ0n) is 53.4. The molecule has 0 atom stereocenters. The highest BCUT2D eigenvalue weighted by Crippen LogP contribution is 2.20. The van der Waals surface area contributed by atoms with Crippen molar-refractivity contribution >= 4 is 17.1 Å². The van der Waals surface area contributed by atoms with E-state index in [-0.39, 0.29) is 0 Å². The van der Waals surface area contributed by atoms with E-state index >= 15 is 0 Å². The Bertz CT molecular complexity index is 2570. The van der Waals surface area contributed by atoms with Gasteiger partial charge in [-0.2, -0.15) is 0 Å². The maximum atomic E-state index is 4.18. The molecule has 1 aliphatic heterocycles. The van der Waals surface area contributed by atoms with Gasteiger partial charge >= 0.3 is 0 Å². The molecule has 9 aromatic rings. The normalized spacial score (nSPS) is 11.0. The zero-order valence-corrected chi connectivity index (χ0v) is 53.4. The molecule has 11 heteroatoms. The summed E-state index contributed by atoms with van der Waals surface area (Å²) in [7, 11) is 0. The number of nitrogens with one attached hydrogen (secondary N) is 1. The summed E-state index contributed by atoms with van der Waals surface area (Å²) in [5.41, 5.74) is 11.5. The molecular formula is C72H99N11. The average molecular weight is 1120 g/mol. The second kappa shape index (κ2) is 42.0. The topological polar surface area (TPSA) is 144 Å². The summed E-state index contributed by atoms with van der Waals surface area (Å²) in [6.45, 7) is 39.7. The molecule has 8 heterocycles. The van der Waals surface area contributed by atoms with Gasteiger partial charge in [0, 0.05) is 104 Å². The third kappa shape index (κ3) is 31.8. The fraction of sp³-hybridized carbons (Fsp3) is 0.389. The minimum Gasteiger partial charge on any atom is -0.361 e. The maximum Gasteiger partial charge on any atom is 0.130 e. The first-order valence-corrected chi connectivity index (χ1v) is 29.5. The number of aromatic amines is 1. The van der Waals surface area contributed by atoms with Crippen molar-refractivity contribution in [2.24, 2.45) is 10.9 Å². The minimum atomic E-state index is 0.436. The first-order valence-electron chi connectivity index (χ1n) is 29.5. The average Bonchev–Trinajstić information content (AvgIpc) is 4.27. The van der Waals surface area contributed by atoms with E-state index in [2.05, 4.69) is 240 Å². The van der Waals surface area contributed by atoms with Gasteiger partial charge in [0.15, 0.2) is 0 Å². The van der Waals surface area contributed by atoms with E-state index in [1.165, 1.54) is 44.3 Å². The molecular weight excluding hydrogens is 1020 g/mol. The molecule has 0 fully saturated rings. The van der Waals surface area contributed by atoms with Crippen molar-refractivity contribution in [3.63, 3.8) is 0 Å². The first kappa shape index (κ1) is 71.2. The molecule has 0 aliphatic carbocycles. The van der Waals surface area contributed by atoms with E-state index < -0.39 is 0 Å². The van der Waals surface area contributed by atoms with Crippen LogP contribution in [0.5, 0.6) is 0 Å². The van der Waals surface area contributed by atoms with Crippen LogP contribution in [0, 0.1) is 5.92 Å². The molecule has 0 saturated carbocycles. The molecule has 0 amide bonds. The van der Waals surface area contributed by atoms with Crippen molar-refractivity contribution < 1.29 is 0 Å². The Morgan fingerprint density at radius 1 is 0.349 bits per heavy atom. The van der Waals surface area contributed by atoms with Gasteiger partial charge in [0.1, 0.15) is 12.2 Å². The Balaban J connectivity index is 0.000000320. The summed E-state index contributed by atoms with van der Waals surface area (Å²) < 4.78 is 0. The molecule has 0 unspecified atom stereocenters. The van der Waals surface area contributed by atoms with Gasteiger partial charge in [-0.15, -0.1) is 0 Å². The number of aliphatic imine (C=N–C) groups is 1. The molecule has 0 spiro atoms. The van der Waals surface area contributed by atoms with Crippen molar-refractivity contribution in [1.29, 1.82) is 0 Å². The van der Waals surface area contributed by atoms with Crippen molar-refractivity contribution in [3.05, 3.63) is 247 Å². The number of hydrogen-bond donors (Lipinski definition) is 1. The second-order valence-electron chi connectivity index (χ2n) is 22.6. The van der Waals surface area contributed by atoms with E-state index in [0.29, 0.717) is 53.3 Å². The SMILES string of the molecule is CC(C)C1=CCN=C1.CC(C)c1ccc2cc[nH]c2c1.CC(C)c1ccccc1.CC(C)c1ccccn1.CC(C)c1cccnc1.CC(C)c1ccncc1.CC(C)c1cnccn1.CC(C)c1cncnc1.CC(C)c1ncccn1. The van der Waals surface area contributed by atoms with Gasteiger partial charge in [0.25, 0.3) is 0 Å². The Kier molecular flexibility index (Phi) is 36.0. The lowest BCUT2D eigenvalue weighted by molar-refractivity contribution is 0.774. The van der Waals surface area contributed by atoms with Crippen LogP contribution in [0.1, 0.15) is 217 Å². The van der Waals surface area contributed by atoms with Crippen molar-refractivity contribution in [2.75, 3.05) is 6.54 Å². The Hall–Kier alpha value is -7.92. The molecule has 2 aromatic carbocycles. The van der Waals surface area contributed by atoms with Gasteiger partial charge in [-0.25, -0.2) is 19.9 Å². The van der Waals surface area contributed by atoms with Gasteiger partial charge in [-0.3, -0.25) is 29.9 Å². The van der Waals surface area contributed by atoms with Crippen LogP contribution in [0.4, 0.5) is 0 Å². The van der Waals surface area contributed by atoms with Crippen LogP contribution in [0.15, 0.2) is 207 Å². The van der Waals surface area contributed by atoms with E-state index in [1.54, 1.807) is 43.5 Å². The van der Waals surface area contributed by atoms with Crippen LogP contribution in [-0.4, -0.2) is 62.6 Å². The lowest BCUT2D eigenvalue weighted by Crippen LogP contribution is -1.93. The molecule has 11 nitrogen and oxygen atoms in total. The molecule has 10 rings (SSSR count). The molecule has 0 saturated heterocycles. The number of allylic oxidation sites excluding steroid dienone is 1. The van der Waals surface area contributed by atoms with E-state index in [0.717, 1.165) is 23.8 Å². The smallest absolute Gasteiger partial charge is 0.130 e. The van der Waals surface area contributed by atoms with Crippen molar-refractivity contribution in [3.8, 4) is 0 Å². The summed E-state index contributed by atoms with van der Waals surface area (Å²) >= 11 is 0. The monoisotopic (exact) mass is 1120 g/mol. The van der Waals surface area contributed by atoms with E-state index in [9.17, 15) is 0 Å². The summed E-state index contributed by atoms with van der Waals surface area (Å²) in [6.07, 6.45) is 29.3. The molecule has 1 N–H and O–H groups in total. The van der Waals surface area contributed by atoms with Crippen LogP contribution in [0.3, 0.4) is 0 Å². The third-order valence-electron chi connectivity index (χ3n) is 12.6. The van der Waals surface area contributed by atoms with Crippen LogP contribution < -0.4 is 0 Å². The van der Waals surface area contributed by atoms with Crippen LogP contribution >= 0.6 is 0 Å². The Morgan fingerprint density at radius 3 is 1.28 bits per heavy atom. The first-order chi connectivity index (χ1) is 39.7. The van der Waals surface area contributed by atoms with Crippen LogP contribution in [0.25, 0.3) is 10.9 Å². The van der Waals surface area contributed by atoms with Gasteiger partial charge in [-0.1, -0.05) is 185 Å². The minimum absolute atomic E-state index is 0.436. The number of rotatable bonds is 9. The number of hydrogen-bond acceptors (Lipinski definition) is 10. The largest absolute Gasteiger partial charge is 0.361 e. The highest BCUT2D eigenvalue weighted by molar-refractivity contribution is 5.81. The highest BCUT2D eigenvalue weighted by Gasteiger charge is 2.03. The van der Waals surface area contributed by atoms with Gasteiger partial charge in [-0.05, 0) is 135 Å². The summed E-state index contributed by atoms with van der Waals surface area (Å²) in [4.78, 5) is 43.4. The molecule has 83 heavy (non-hydrogen) atoms. The van der Waals surface area contributed by atoms with Crippen molar-refractivity contribution in [1.82, 2.24) is 49.8 Å². The summed E-state index contributed by atoms with van der Waals surface area (Å²) in [5, 5.41) is 1.29. The number of H-pyrrole nitrogens is 1. The highest BCUT2D eigenvalue weighted by atomic mass is 14.9. The number of aromatic nitrogens is 10. The molecule has 0 radical (unpaired) electrons. The van der Waals surface area contributed by atoms with Gasteiger partial charge in [0.05, 0.1) is 12.2 Å². The van der Waals surface area contributed by atoms with Crippen LogP contribution in [-0.2, 0) is 0 Å². The third-order valence-corrected chi connectivity index (χ3v) is 12.6. The quantitative estimate of drug-likeness (QED) is 0.149. The Labute approximate surface area is 500 Å². The lowest BCUT2D eigenvalue weighted by atomic mass is 10.0. The standard InChI is InChI=1S/C11H13N.C9H12.3C8H11N.3C7H10N2.C7H11N/c1-8(2)10-4-3-9-5-6-12-11(9)7-10;1-8(2)9-6-4-3-5-7-9;1-7(2)8-3-5-9-6-4-8;1-7(2)8-4-3-5-9-6-8;1-7(2)8-5-3-4-6-9-8;1-6(2)7-3-8-5-9-4-7;1-6(2)7-5-8-3-4-9-7;1-6(2)7-8-4-3-5-9-7;1-6(2)7-3-4-8-5-7/h3-8,12H,1-2H3;3-8H,1-2H3;3*3-7H,1-2H3;3*3-6H,1-2H3;3,5-6H,4H2,1-2H3.